The minimum Gasteiger partial charge on any atom is -0.302 e. The van der Waals surface area contributed by atoms with Gasteiger partial charge in [-0.15, -0.1) is 16.8 Å². The van der Waals surface area contributed by atoms with Crippen LogP contribution in [0, 0.1) is 11.6 Å². The molecule has 0 atom stereocenters. The van der Waals surface area contributed by atoms with Crippen molar-refractivity contribution in [3.63, 3.8) is 0 Å². The van der Waals surface area contributed by atoms with Gasteiger partial charge in [0, 0.05) is 17.1 Å². The fourth-order valence-corrected chi connectivity index (χ4v) is 3.96. The van der Waals surface area contributed by atoms with Gasteiger partial charge < -0.3 is 4.90 Å². The summed E-state index contributed by atoms with van der Waals surface area (Å²) < 4.78 is 30.7. The van der Waals surface area contributed by atoms with E-state index in [1.807, 2.05) is 25.1 Å². The van der Waals surface area contributed by atoms with Crippen LogP contribution in [0.3, 0.4) is 0 Å². The van der Waals surface area contributed by atoms with Gasteiger partial charge in [-0.25, -0.2) is 8.78 Å². The zero-order valence-corrected chi connectivity index (χ0v) is 20.3. The Balaban J connectivity index is 2.20. The SMILES string of the molecule is C=CCN(CCC)Cc1nnc(CN(C)C)n1-c1ccc(Cl)cc1C(=O)c1c(F)cccc1F. The molecule has 6 nitrogen and oxygen atoms in total. The van der Waals surface area contributed by atoms with Crippen molar-refractivity contribution in [3.05, 3.63) is 88.5 Å². The molecule has 3 rings (SSSR count). The predicted molar refractivity (Wildman–Crippen MR) is 129 cm³/mol. The van der Waals surface area contributed by atoms with Crippen molar-refractivity contribution in [2.45, 2.75) is 26.4 Å². The van der Waals surface area contributed by atoms with Gasteiger partial charge in [0.25, 0.3) is 0 Å². The summed E-state index contributed by atoms with van der Waals surface area (Å²) in [6.07, 6.45) is 2.75. The lowest BCUT2D eigenvalue weighted by molar-refractivity contribution is 0.103. The van der Waals surface area contributed by atoms with Crippen LogP contribution in [0.2, 0.25) is 5.02 Å². The maximum atomic E-state index is 14.5. The fourth-order valence-electron chi connectivity index (χ4n) is 3.79. The first-order valence-corrected chi connectivity index (χ1v) is 11.3. The lowest BCUT2D eigenvalue weighted by Crippen LogP contribution is -2.26. The normalized spacial score (nSPS) is 11.4. The zero-order chi connectivity index (χ0) is 24.8. The monoisotopic (exact) mass is 487 g/mol. The van der Waals surface area contributed by atoms with Crippen LogP contribution in [-0.2, 0) is 13.1 Å². The summed E-state index contributed by atoms with van der Waals surface area (Å²) in [5.74, 6) is -1.50. The van der Waals surface area contributed by atoms with Gasteiger partial charge in [0.2, 0.25) is 5.78 Å². The van der Waals surface area contributed by atoms with Crippen molar-refractivity contribution in [2.24, 2.45) is 0 Å². The van der Waals surface area contributed by atoms with E-state index < -0.39 is 23.0 Å². The molecule has 0 saturated carbocycles. The average molecular weight is 488 g/mol. The van der Waals surface area contributed by atoms with Crippen LogP contribution in [0.4, 0.5) is 8.78 Å². The number of rotatable bonds is 11. The number of nitrogens with zero attached hydrogens (tertiary/aromatic N) is 5. The number of halogens is 3. The molecule has 34 heavy (non-hydrogen) atoms. The molecule has 3 aromatic rings. The smallest absolute Gasteiger partial charge is 0.201 e. The maximum absolute atomic E-state index is 14.5. The quantitative estimate of drug-likeness (QED) is 0.285. The molecule has 0 aliphatic rings. The third-order valence-electron chi connectivity index (χ3n) is 5.18. The van der Waals surface area contributed by atoms with Crippen molar-refractivity contribution in [1.82, 2.24) is 24.6 Å². The van der Waals surface area contributed by atoms with Gasteiger partial charge in [0.15, 0.2) is 11.6 Å². The van der Waals surface area contributed by atoms with E-state index in [0.717, 1.165) is 25.1 Å². The minimum absolute atomic E-state index is 0.0586. The zero-order valence-electron chi connectivity index (χ0n) is 19.6. The Labute approximate surface area is 203 Å². The van der Waals surface area contributed by atoms with Crippen LogP contribution in [0.15, 0.2) is 49.1 Å². The molecular weight excluding hydrogens is 460 g/mol. The topological polar surface area (TPSA) is 54.3 Å². The minimum atomic E-state index is -0.937. The van der Waals surface area contributed by atoms with Gasteiger partial charge in [0.1, 0.15) is 11.6 Å². The molecule has 0 N–H and O–H groups in total. The first-order valence-electron chi connectivity index (χ1n) is 11.0. The Kier molecular flexibility index (Phi) is 8.66. The molecule has 0 unspecified atom stereocenters. The number of hydrogen-bond donors (Lipinski definition) is 0. The number of ketones is 1. The molecular formula is C25H28ClF2N5O. The summed E-state index contributed by atoms with van der Waals surface area (Å²) in [5.41, 5.74) is -0.165. The van der Waals surface area contributed by atoms with E-state index >= 15 is 0 Å². The van der Waals surface area contributed by atoms with Gasteiger partial charge >= 0.3 is 0 Å². The molecule has 0 fully saturated rings. The summed E-state index contributed by atoms with van der Waals surface area (Å²) in [5, 5.41) is 9.03. The summed E-state index contributed by atoms with van der Waals surface area (Å²) in [7, 11) is 3.78. The van der Waals surface area contributed by atoms with Crippen molar-refractivity contribution in [3.8, 4) is 5.69 Å². The molecule has 2 aromatic carbocycles. The van der Waals surface area contributed by atoms with Crippen LogP contribution in [-0.4, -0.2) is 57.5 Å². The molecule has 0 saturated heterocycles. The summed E-state index contributed by atoms with van der Waals surface area (Å²) in [6.45, 7) is 8.26. The molecule has 0 amide bonds. The molecule has 1 heterocycles. The van der Waals surface area contributed by atoms with E-state index in [1.54, 1.807) is 16.7 Å². The van der Waals surface area contributed by atoms with Crippen molar-refractivity contribution >= 4 is 17.4 Å². The van der Waals surface area contributed by atoms with Crippen LogP contribution in [0.1, 0.15) is 40.9 Å². The molecule has 0 aliphatic carbocycles. The van der Waals surface area contributed by atoms with E-state index in [0.29, 0.717) is 37.0 Å². The largest absolute Gasteiger partial charge is 0.302 e. The third kappa shape index (κ3) is 5.75. The molecule has 1 aromatic heterocycles. The standard InChI is InChI=1S/C25H28ClF2N5O/c1-5-12-32(13-6-2)16-23-30-29-22(15-31(3)4)33(23)21-11-10-17(26)14-18(21)25(34)24-19(27)8-7-9-20(24)28/h5,7-11,14H,1,6,12-13,15-16H2,2-4H3. The van der Waals surface area contributed by atoms with Gasteiger partial charge in [-0.3, -0.25) is 14.3 Å². The van der Waals surface area contributed by atoms with E-state index in [2.05, 4.69) is 28.6 Å². The highest BCUT2D eigenvalue weighted by Gasteiger charge is 2.25. The first kappa shape index (κ1) is 25.7. The van der Waals surface area contributed by atoms with Crippen molar-refractivity contribution in [1.29, 1.82) is 0 Å². The fraction of sp³-hybridized carbons (Fsp3) is 0.320. The number of aromatic nitrogens is 3. The number of benzene rings is 2. The van der Waals surface area contributed by atoms with Crippen LogP contribution < -0.4 is 0 Å². The average Bonchev–Trinajstić information content (AvgIpc) is 3.15. The highest BCUT2D eigenvalue weighted by Crippen LogP contribution is 2.27. The lowest BCUT2D eigenvalue weighted by atomic mass is 10.00. The second-order valence-corrected chi connectivity index (χ2v) is 8.65. The Hall–Kier alpha value is -2.94. The number of carbonyl (C=O) groups is 1. The van der Waals surface area contributed by atoms with Crippen LogP contribution in [0.5, 0.6) is 0 Å². The maximum Gasteiger partial charge on any atom is 0.201 e. The molecule has 0 aliphatic heterocycles. The summed E-state index contributed by atoms with van der Waals surface area (Å²) in [6, 6.07) is 8.03. The second kappa shape index (κ2) is 11.5. The van der Waals surface area contributed by atoms with Crippen molar-refractivity contribution in [2.75, 3.05) is 27.2 Å². The Morgan fingerprint density at radius 1 is 1.12 bits per heavy atom. The van der Waals surface area contributed by atoms with Gasteiger partial charge in [-0.1, -0.05) is 30.7 Å². The third-order valence-corrected chi connectivity index (χ3v) is 5.42. The highest BCUT2D eigenvalue weighted by atomic mass is 35.5. The van der Waals surface area contributed by atoms with Crippen molar-refractivity contribution < 1.29 is 13.6 Å². The highest BCUT2D eigenvalue weighted by molar-refractivity contribution is 6.31. The Morgan fingerprint density at radius 2 is 1.76 bits per heavy atom. The first-order chi connectivity index (χ1) is 16.3. The van der Waals surface area contributed by atoms with Gasteiger partial charge in [-0.05, 0) is 57.4 Å². The molecule has 9 heteroatoms. The summed E-state index contributed by atoms with van der Waals surface area (Å²) in [4.78, 5) is 17.5. The molecule has 0 bridgehead atoms. The van der Waals surface area contributed by atoms with E-state index in [9.17, 15) is 13.6 Å². The summed E-state index contributed by atoms with van der Waals surface area (Å²) >= 11 is 6.21. The number of hydrogen-bond acceptors (Lipinski definition) is 5. The second-order valence-electron chi connectivity index (χ2n) is 8.22. The van der Waals surface area contributed by atoms with Crippen LogP contribution >= 0.6 is 11.6 Å². The number of carbonyl (C=O) groups excluding carboxylic acids is 1. The van der Waals surface area contributed by atoms with Gasteiger partial charge in [0.05, 0.1) is 24.3 Å². The molecule has 0 spiro atoms. The Morgan fingerprint density at radius 3 is 2.35 bits per heavy atom. The molecule has 0 radical (unpaired) electrons. The molecule has 180 valence electrons. The van der Waals surface area contributed by atoms with Gasteiger partial charge in [-0.2, -0.15) is 0 Å². The predicted octanol–water partition coefficient (Wildman–Crippen LogP) is 4.89. The lowest BCUT2D eigenvalue weighted by Gasteiger charge is -2.21. The van der Waals surface area contributed by atoms with Crippen LogP contribution in [0.25, 0.3) is 5.69 Å². The Bertz CT molecular complexity index is 1160. The van der Waals surface area contributed by atoms with E-state index in [1.165, 1.54) is 12.1 Å². The van der Waals surface area contributed by atoms with E-state index in [4.69, 9.17) is 11.6 Å². The van der Waals surface area contributed by atoms with E-state index in [-0.39, 0.29) is 10.6 Å².